The van der Waals surface area contributed by atoms with Gasteiger partial charge >= 0.3 is 6.09 Å². The van der Waals surface area contributed by atoms with Crippen LogP contribution in [0.1, 0.15) is 18.1 Å². The molecule has 1 aromatic rings. The minimum atomic E-state index is -3.36. The van der Waals surface area contributed by atoms with Crippen LogP contribution in [0.2, 0.25) is 0 Å². The Hall–Kier alpha value is -1.60. The summed E-state index contributed by atoms with van der Waals surface area (Å²) in [7, 11) is -3.36. The zero-order valence-corrected chi connectivity index (χ0v) is 13.8. The Bertz CT molecular complexity index is 605. The summed E-state index contributed by atoms with van der Waals surface area (Å²) in [6, 6.07) is 7.48. The third-order valence-corrected chi connectivity index (χ3v) is 5.48. The summed E-state index contributed by atoms with van der Waals surface area (Å²) in [5.41, 5.74) is 1.88. The highest BCUT2D eigenvalue weighted by Gasteiger charge is 2.29. The number of carbonyl (C=O) groups excluding carboxylic acids is 1. The second kappa shape index (κ2) is 7.11. The predicted octanol–water partition coefficient (Wildman–Crippen LogP) is 1.60. The Balaban J connectivity index is 1.94. The van der Waals surface area contributed by atoms with Crippen LogP contribution >= 0.6 is 0 Å². The smallest absolute Gasteiger partial charge is 0.409 e. The van der Waals surface area contributed by atoms with E-state index < -0.39 is 10.0 Å². The van der Waals surface area contributed by atoms with Gasteiger partial charge in [-0.25, -0.2) is 13.2 Å². The first kappa shape index (κ1) is 16.8. The van der Waals surface area contributed by atoms with Gasteiger partial charge < -0.3 is 9.64 Å². The van der Waals surface area contributed by atoms with E-state index in [2.05, 4.69) is 0 Å². The van der Waals surface area contributed by atoms with Crippen LogP contribution in [0.4, 0.5) is 4.79 Å². The molecule has 1 aliphatic heterocycles. The Labute approximate surface area is 131 Å². The molecule has 0 atom stereocenters. The van der Waals surface area contributed by atoms with Gasteiger partial charge in [0, 0.05) is 26.2 Å². The first-order valence-electron chi connectivity index (χ1n) is 7.37. The first-order valence-corrected chi connectivity index (χ1v) is 8.98. The van der Waals surface area contributed by atoms with Gasteiger partial charge in [-0.15, -0.1) is 0 Å². The molecule has 2 rings (SSSR count). The number of carbonyl (C=O) groups is 1. The summed E-state index contributed by atoms with van der Waals surface area (Å²) in [6.45, 7) is 5.40. The Kier molecular flexibility index (Phi) is 5.42. The van der Waals surface area contributed by atoms with Crippen molar-refractivity contribution in [3.63, 3.8) is 0 Å². The van der Waals surface area contributed by atoms with Crippen molar-refractivity contribution < 1.29 is 17.9 Å². The minimum absolute atomic E-state index is 0.00726. The van der Waals surface area contributed by atoms with Crippen LogP contribution < -0.4 is 0 Å². The summed E-state index contributed by atoms with van der Waals surface area (Å²) < 4.78 is 31.2. The number of ether oxygens (including phenoxy) is 1. The number of sulfonamides is 1. The van der Waals surface area contributed by atoms with Crippen molar-refractivity contribution in [3.8, 4) is 0 Å². The number of nitrogens with zero attached hydrogens (tertiary/aromatic N) is 2. The number of hydrogen-bond acceptors (Lipinski definition) is 4. The second-order valence-electron chi connectivity index (χ2n) is 5.33. The van der Waals surface area contributed by atoms with E-state index in [0.717, 1.165) is 11.1 Å². The molecule has 7 heteroatoms. The van der Waals surface area contributed by atoms with E-state index >= 15 is 0 Å². The first-order chi connectivity index (χ1) is 10.4. The molecular formula is C15H22N2O4S. The SMILES string of the molecule is CCOC(=O)N1CCN(S(=O)(=O)Cc2ccc(C)cc2)CC1. The van der Waals surface area contributed by atoms with Crippen LogP contribution in [0.3, 0.4) is 0 Å². The maximum atomic E-state index is 12.4. The number of piperazine rings is 1. The van der Waals surface area contributed by atoms with Crippen molar-refractivity contribution in [2.45, 2.75) is 19.6 Å². The third-order valence-electron chi connectivity index (χ3n) is 3.63. The maximum Gasteiger partial charge on any atom is 0.409 e. The predicted molar refractivity (Wildman–Crippen MR) is 84.0 cm³/mol. The Morgan fingerprint density at radius 2 is 1.73 bits per heavy atom. The van der Waals surface area contributed by atoms with Crippen molar-refractivity contribution in [2.75, 3.05) is 32.8 Å². The summed E-state index contributed by atoms with van der Waals surface area (Å²) in [6.07, 6.45) is -0.377. The van der Waals surface area contributed by atoms with Crippen molar-refractivity contribution in [3.05, 3.63) is 35.4 Å². The quantitative estimate of drug-likeness (QED) is 0.843. The summed E-state index contributed by atoms with van der Waals surface area (Å²) in [5, 5.41) is 0. The molecule has 122 valence electrons. The monoisotopic (exact) mass is 326 g/mol. The van der Waals surface area contributed by atoms with Crippen molar-refractivity contribution in [1.82, 2.24) is 9.21 Å². The zero-order chi connectivity index (χ0) is 16.2. The molecule has 0 radical (unpaired) electrons. The Morgan fingerprint density at radius 3 is 2.27 bits per heavy atom. The van der Waals surface area contributed by atoms with Gasteiger partial charge in [0.2, 0.25) is 10.0 Å². The molecule has 0 aromatic heterocycles. The minimum Gasteiger partial charge on any atom is -0.450 e. The van der Waals surface area contributed by atoms with Crippen LogP contribution in [0.15, 0.2) is 24.3 Å². The highest BCUT2D eigenvalue weighted by molar-refractivity contribution is 7.88. The van der Waals surface area contributed by atoms with Crippen LogP contribution in [0.25, 0.3) is 0 Å². The topological polar surface area (TPSA) is 66.9 Å². The van der Waals surface area contributed by atoms with Gasteiger partial charge in [-0.1, -0.05) is 29.8 Å². The fourth-order valence-electron chi connectivity index (χ4n) is 2.35. The second-order valence-corrected chi connectivity index (χ2v) is 7.30. The number of benzene rings is 1. The van der Waals surface area contributed by atoms with Gasteiger partial charge in [0.15, 0.2) is 0 Å². The molecule has 0 saturated carbocycles. The normalized spacial score (nSPS) is 16.5. The van der Waals surface area contributed by atoms with E-state index in [1.807, 2.05) is 31.2 Å². The molecule has 0 aliphatic carbocycles. The number of rotatable bonds is 4. The molecule has 22 heavy (non-hydrogen) atoms. The lowest BCUT2D eigenvalue weighted by Crippen LogP contribution is -2.50. The summed E-state index contributed by atoms with van der Waals surface area (Å²) in [5.74, 6) is -0.00726. The maximum absolute atomic E-state index is 12.4. The van der Waals surface area contributed by atoms with Gasteiger partial charge in [0.1, 0.15) is 0 Å². The molecule has 1 amide bonds. The van der Waals surface area contributed by atoms with E-state index in [0.29, 0.717) is 32.8 Å². The third kappa shape index (κ3) is 4.20. The molecule has 0 bridgehead atoms. The van der Waals surface area contributed by atoms with Gasteiger partial charge in [0.05, 0.1) is 12.4 Å². The average Bonchev–Trinajstić information content (AvgIpc) is 2.50. The van der Waals surface area contributed by atoms with E-state index in [1.165, 1.54) is 4.31 Å². The molecule has 1 aromatic carbocycles. The average molecular weight is 326 g/mol. The highest BCUT2D eigenvalue weighted by Crippen LogP contribution is 2.14. The van der Waals surface area contributed by atoms with Crippen molar-refractivity contribution in [2.24, 2.45) is 0 Å². The van der Waals surface area contributed by atoms with Crippen molar-refractivity contribution >= 4 is 16.1 Å². The van der Waals surface area contributed by atoms with Gasteiger partial charge in [-0.05, 0) is 19.4 Å². The molecule has 0 unspecified atom stereocenters. The van der Waals surface area contributed by atoms with E-state index in [9.17, 15) is 13.2 Å². The van der Waals surface area contributed by atoms with E-state index in [-0.39, 0.29) is 11.8 Å². The van der Waals surface area contributed by atoms with Gasteiger partial charge in [-0.2, -0.15) is 4.31 Å². The zero-order valence-electron chi connectivity index (χ0n) is 13.0. The fourth-order valence-corrected chi connectivity index (χ4v) is 3.87. The molecule has 6 nitrogen and oxygen atoms in total. The highest BCUT2D eigenvalue weighted by atomic mass is 32.2. The summed E-state index contributed by atoms with van der Waals surface area (Å²) >= 11 is 0. The lowest BCUT2D eigenvalue weighted by molar-refractivity contribution is 0.0934. The van der Waals surface area contributed by atoms with Crippen LogP contribution in [0, 0.1) is 6.92 Å². The largest absolute Gasteiger partial charge is 0.450 e. The molecule has 0 N–H and O–H groups in total. The molecule has 1 fully saturated rings. The number of amides is 1. The molecule has 1 aliphatic rings. The fraction of sp³-hybridized carbons (Fsp3) is 0.533. The van der Waals surface area contributed by atoms with Crippen LogP contribution in [-0.4, -0.2) is 56.5 Å². The van der Waals surface area contributed by atoms with Crippen LogP contribution in [-0.2, 0) is 20.5 Å². The van der Waals surface area contributed by atoms with E-state index in [1.54, 1.807) is 11.8 Å². The molecule has 1 saturated heterocycles. The Morgan fingerprint density at radius 1 is 1.14 bits per heavy atom. The molecular weight excluding hydrogens is 304 g/mol. The van der Waals surface area contributed by atoms with Crippen LogP contribution in [0.5, 0.6) is 0 Å². The lowest BCUT2D eigenvalue weighted by Gasteiger charge is -2.33. The number of aryl methyl sites for hydroxylation is 1. The molecule has 0 spiro atoms. The van der Waals surface area contributed by atoms with Gasteiger partial charge in [0.25, 0.3) is 0 Å². The van der Waals surface area contributed by atoms with Gasteiger partial charge in [-0.3, -0.25) is 0 Å². The standard InChI is InChI=1S/C15H22N2O4S/c1-3-21-15(18)16-8-10-17(11-9-16)22(19,20)12-14-6-4-13(2)5-7-14/h4-7H,3,8-12H2,1-2H3. The molecule has 1 heterocycles. The summed E-state index contributed by atoms with van der Waals surface area (Å²) in [4.78, 5) is 13.2. The number of hydrogen-bond donors (Lipinski definition) is 0. The van der Waals surface area contributed by atoms with E-state index in [4.69, 9.17) is 4.74 Å². The van der Waals surface area contributed by atoms with Crippen molar-refractivity contribution in [1.29, 1.82) is 0 Å². The lowest BCUT2D eigenvalue weighted by atomic mass is 10.2.